The standard InChI is InChI=1S/C7H8O.Hf.3HI/c1-6-2-4-7(8)5-3-6;;;;/h2-5,8H,1H3;;3*1H/q;+4;;;/p-4. The molecule has 0 saturated heterocycles. The van der Waals surface area contributed by atoms with Crippen molar-refractivity contribution in [3.8, 4) is 5.75 Å². The van der Waals surface area contributed by atoms with E-state index in [1.165, 1.54) is 5.56 Å². The zero-order chi connectivity index (χ0) is 9.19. The minimum absolute atomic E-state index is 1.01. The third kappa shape index (κ3) is 5.08. The Morgan fingerprint density at radius 1 is 1.08 bits per heavy atom. The van der Waals surface area contributed by atoms with E-state index >= 15 is 0 Å². The Kier molecular flexibility index (Phi) is 5.31. The van der Waals surface area contributed by atoms with E-state index in [2.05, 4.69) is 73.5 Å². The predicted molar refractivity (Wildman–Crippen MR) is 73.9 cm³/mol. The molecule has 12 heavy (non-hydrogen) atoms. The average molecular weight is 666 g/mol. The zero-order valence-corrected chi connectivity index (χ0v) is 16.4. The van der Waals surface area contributed by atoms with Gasteiger partial charge in [-0.05, 0) is 0 Å². The summed E-state index contributed by atoms with van der Waals surface area (Å²) in [6, 6.07) is 8.25. The van der Waals surface area contributed by atoms with Gasteiger partial charge in [0.2, 0.25) is 0 Å². The van der Waals surface area contributed by atoms with Crippen LogP contribution in [-0.4, -0.2) is 0 Å². The first kappa shape index (κ1) is 12.2. The summed E-state index contributed by atoms with van der Waals surface area (Å²) in [5, 5.41) is 0. The average Bonchev–Trinajstić information content (AvgIpc) is 1.91. The van der Waals surface area contributed by atoms with E-state index in [0.29, 0.717) is 0 Å². The first-order chi connectivity index (χ1) is 5.47. The topological polar surface area (TPSA) is 9.23 Å². The molecule has 0 unspecified atom stereocenters. The number of aryl methyl sites for hydroxylation is 1. The molecule has 0 spiro atoms. The van der Waals surface area contributed by atoms with Gasteiger partial charge >= 0.3 is 108 Å². The summed E-state index contributed by atoms with van der Waals surface area (Å²) in [4.78, 5) is 0. The summed E-state index contributed by atoms with van der Waals surface area (Å²) in [7, 11) is -2.29. The molecule has 0 saturated carbocycles. The molecule has 0 amide bonds. The monoisotopic (exact) mass is 668 g/mol. The number of halogens is 3. The van der Waals surface area contributed by atoms with Crippen LogP contribution in [0.4, 0.5) is 0 Å². The van der Waals surface area contributed by atoms with Gasteiger partial charge in [0, 0.05) is 0 Å². The van der Waals surface area contributed by atoms with E-state index in [4.69, 9.17) is 2.85 Å². The van der Waals surface area contributed by atoms with Crippen molar-refractivity contribution >= 4 is 54.4 Å². The zero-order valence-electron chi connectivity index (χ0n) is 6.35. The minimum atomic E-state index is -2.29. The SMILES string of the molecule is Cc1ccc([O][Hf]([I])([I])[I])cc1. The molecule has 0 bridgehead atoms. The van der Waals surface area contributed by atoms with E-state index in [-0.39, 0.29) is 0 Å². The van der Waals surface area contributed by atoms with Crippen LogP contribution >= 0.6 is 54.4 Å². The second kappa shape index (κ2) is 5.24. The molecule has 0 heterocycles. The Morgan fingerprint density at radius 2 is 1.58 bits per heavy atom. The fourth-order valence-electron chi connectivity index (χ4n) is 0.740. The summed E-state index contributed by atoms with van der Waals surface area (Å²) in [6.07, 6.45) is 0. The maximum absolute atomic E-state index is 5.84. The fourth-order valence-corrected chi connectivity index (χ4v) is 8.43. The van der Waals surface area contributed by atoms with Crippen LogP contribution in [0.5, 0.6) is 5.75 Å². The Hall–Kier alpha value is 2.08. The third-order valence-electron chi connectivity index (χ3n) is 1.25. The van der Waals surface area contributed by atoms with Crippen LogP contribution in [-0.2, 0) is 7.94 Å². The van der Waals surface area contributed by atoms with Gasteiger partial charge in [0.15, 0.2) is 0 Å². The molecule has 1 nitrogen and oxygen atoms in total. The van der Waals surface area contributed by atoms with Gasteiger partial charge in [-0.3, -0.25) is 0 Å². The van der Waals surface area contributed by atoms with Crippen LogP contribution in [0.25, 0.3) is 0 Å². The molecule has 0 aliphatic carbocycles. The maximum atomic E-state index is 5.84. The van der Waals surface area contributed by atoms with E-state index in [1.54, 1.807) is 0 Å². The van der Waals surface area contributed by atoms with Crippen molar-refractivity contribution in [1.82, 2.24) is 0 Å². The van der Waals surface area contributed by atoms with Crippen molar-refractivity contribution in [2.45, 2.75) is 6.92 Å². The molecule has 1 rings (SSSR count). The molecule has 0 fully saturated rings. The van der Waals surface area contributed by atoms with Crippen molar-refractivity contribution in [3.05, 3.63) is 29.8 Å². The predicted octanol–water partition coefficient (Wildman–Crippen LogP) is 4.49. The van der Waals surface area contributed by atoms with Crippen molar-refractivity contribution in [2.75, 3.05) is 0 Å². The van der Waals surface area contributed by atoms with Gasteiger partial charge in [-0.2, -0.15) is 0 Å². The molecule has 0 atom stereocenters. The van der Waals surface area contributed by atoms with Crippen molar-refractivity contribution in [3.63, 3.8) is 0 Å². The second-order valence-corrected chi connectivity index (χ2v) is 94.3. The molecule has 0 N–H and O–H groups in total. The summed E-state index contributed by atoms with van der Waals surface area (Å²) < 4.78 is 5.84. The van der Waals surface area contributed by atoms with E-state index < -0.39 is 7.94 Å². The van der Waals surface area contributed by atoms with Gasteiger partial charge < -0.3 is 0 Å². The van der Waals surface area contributed by atoms with Crippen molar-refractivity contribution < 1.29 is 10.8 Å². The number of hydrogen-bond donors (Lipinski definition) is 0. The Morgan fingerprint density at radius 3 is 2.00 bits per heavy atom. The summed E-state index contributed by atoms with van der Waals surface area (Å²) in [5.41, 5.74) is 1.28. The second-order valence-electron chi connectivity index (χ2n) is 2.36. The normalized spacial score (nSPS) is 11.3. The van der Waals surface area contributed by atoms with Crippen LogP contribution < -0.4 is 2.85 Å². The molecule has 0 aliphatic heterocycles. The first-order valence-electron chi connectivity index (χ1n) is 3.30. The van der Waals surface area contributed by atoms with Crippen LogP contribution in [0.1, 0.15) is 5.56 Å². The molecule has 1 aromatic rings. The van der Waals surface area contributed by atoms with Crippen molar-refractivity contribution in [2.24, 2.45) is 0 Å². The molecule has 0 aliphatic rings. The van der Waals surface area contributed by atoms with E-state index in [9.17, 15) is 0 Å². The third-order valence-corrected chi connectivity index (χ3v) is 8.34. The summed E-state index contributed by atoms with van der Waals surface area (Å²) in [5.74, 6) is 1.01. The molecule has 5 heteroatoms. The van der Waals surface area contributed by atoms with Crippen LogP contribution in [0.15, 0.2) is 24.3 Å². The number of hydrogen-bond acceptors (Lipinski definition) is 1. The van der Waals surface area contributed by atoms with E-state index in [0.717, 1.165) is 5.75 Å². The molecular formula is C7H7HfI3O. The molecule has 0 radical (unpaired) electrons. The Bertz CT molecular complexity index is 254. The van der Waals surface area contributed by atoms with Gasteiger partial charge in [-0.15, -0.1) is 0 Å². The Labute approximate surface area is 105 Å². The Balaban J connectivity index is 2.71. The molecule has 1 aromatic carbocycles. The quantitative estimate of drug-likeness (QED) is 0.334. The van der Waals surface area contributed by atoms with Crippen LogP contribution in [0.3, 0.4) is 0 Å². The molecular weight excluding hydrogens is 659 g/mol. The number of rotatable bonds is 2. The van der Waals surface area contributed by atoms with E-state index in [1.807, 2.05) is 12.1 Å². The molecule has 66 valence electrons. The van der Waals surface area contributed by atoms with Gasteiger partial charge in [0.1, 0.15) is 0 Å². The van der Waals surface area contributed by atoms with Gasteiger partial charge in [0.25, 0.3) is 0 Å². The van der Waals surface area contributed by atoms with Gasteiger partial charge in [0.05, 0.1) is 0 Å². The summed E-state index contributed by atoms with van der Waals surface area (Å²) >= 11 is 7.39. The van der Waals surface area contributed by atoms with Crippen molar-refractivity contribution in [1.29, 1.82) is 0 Å². The van der Waals surface area contributed by atoms with Gasteiger partial charge in [-0.1, -0.05) is 0 Å². The first-order valence-corrected chi connectivity index (χ1v) is 35.3. The summed E-state index contributed by atoms with van der Waals surface area (Å²) in [6.45, 7) is 2.08. The molecule has 0 aromatic heterocycles. The van der Waals surface area contributed by atoms with Gasteiger partial charge in [-0.25, -0.2) is 0 Å². The van der Waals surface area contributed by atoms with Crippen LogP contribution in [0, 0.1) is 6.92 Å². The fraction of sp³-hybridized carbons (Fsp3) is 0.143. The van der Waals surface area contributed by atoms with Crippen LogP contribution in [0.2, 0.25) is 0 Å². The number of benzene rings is 1.